The van der Waals surface area contributed by atoms with E-state index >= 15 is 0 Å². The summed E-state index contributed by atoms with van der Waals surface area (Å²) in [6, 6.07) is 12.9. The van der Waals surface area contributed by atoms with E-state index in [0.717, 1.165) is 25.2 Å². The van der Waals surface area contributed by atoms with E-state index in [1.54, 1.807) is 11.3 Å². The third kappa shape index (κ3) is 3.62. The predicted molar refractivity (Wildman–Crippen MR) is 109 cm³/mol. The lowest BCUT2D eigenvalue weighted by atomic mass is 9.92. The van der Waals surface area contributed by atoms with Crippen LogP contribution in [0.15, 0.2) is 48.0 Å². The maximum absolute atomic E-state index is 11.3. The number of aliphatic carboxylic acids is 1. The average molecular weight is 381 g/mol. The number of aromatic nitrogens is 1. The monoisotopic (exact) mass is 380 g/mol. The van der Waals surface area contributed by atoms with Crippen LogP contribution in [-0.2, 0) is 11.2 Å². The number of rotatable bonds is 5. The fourth-order valence-corrected chi connectivity index (χ4v) is 4.94. The summed E-state index contributed by atoms with van der Waals surface area (Å²) in [5.41, 5.74) is 3.56. The lowest BCUT2D eigenvalue weighted by molar-refractivity contribution is -0.143. The van der Waals surface area contributed by atoms with Crippen molar-refractivity contribution in [3.63, 3.8) is 0 Å². The average Bonchev–Trinajstić information content (AvgIpc) is 3.13. The van der Waals surface area contributed by atoms with Crippen molar-refractivity contribution in [3.8, 4) is 0 Å². The zero-order valence-corrected chi connectivity index (χ0v) is 16.3. The van der Waals surface area contributed by atoms with Crippen LogP contribution in [-0.4, -0.2) is 34.0 Å². The van der Waals surface area contributed by atoms with Crippen molar-refractivity contribution < 1.29 is 9.90 Å². The van der Waals surface area contributed by atoms with Crippen LogP contribution in [0.25, 0.3) is 10.1 Å². The minimum atomic E-state index is -0.669. The van der Waals surface area contributed by atoms with Gasteiger partial charge in [-0.05, 0) is 66.4 Å². The van der Waals surface area contributed by atoms with E-state index in [1.807, 2.05) is 6.20 Å². The molecule has 4 rings (SSSR count). The normalized spacial score (nSPS) is 17.2. The number of carboxylic acid groups (broad SMARTS) is 1. The molecule has 1 N–H and O–H groups in total. The van der Waals surface area contributed by atoms with Gasteiger partial charge in [-0.15, -0.1) is 11.3 Å². The molecule has 0 spiro atoms. The van der Waals surface area contributed by atoms with Crippen LogP contribution in [0.5, 0.6) is 0 Å². The summed E-state index contributed by atoms with van der Waals surface area (Å²) in [6.07, 6.45) is 4.34. The Morgan fingerprint density at radius 2 is 2.04 bits per heavy atom. The zero-order valence-electron chi connectivity index (χ0n) is 15.5. The smallest absolute Gasteiger partial charge is 0.306 e. The van der Waals surface area contributed by atoms with E-state index in [9.17, 15) is 9.90 Å². The first-order valence-corrected chi connectivity index (χ1v) is 10.4. The number of piperidine rings is 1. The van der Waals surface area contributed by atoms with E-state index in [2.05, 4.69) is 53.6 Å². The molecule has 1 fully saturated rings. The van der Waals surface area contributed by atoms with Crippen molar-refractivity contribution in [2.75, 3.05) is 13.1 Å². The second-order valence-electron chi connectivity index (χ2n) is 7.18. The highest BCUT2D eigenvalue weighted by atomic mass is 32.1. The molecular formula is C22H24N2O2S. The summed E-state index contributed by atoms with van der Waals surface area (Å²) in [5.74, 6) is -0.894. The number of likely N-dealkylation sites (tertiary alicyclic amines) is 1. The Bertz CT molecular complexity index is 927. The highest BCUT2D eigenvalue weighted by Crippen LogP contribution is 2.38. The van der Waals surface area contributed by atoms with Gasteiger partial charge in [0.1, 0.15) is 0 Å². The Hall–Kier alpha value is -2.24. The standard InChI is InChI=1S/C22H24N2O2S/c1-2-15-7-8-19(23-13-15)21(24-11-9-16(10-12-24)22(25)26)18-14-27-20-6-4-3-5-17(18)20/h3-8,13-14,16,21H,2,9-12H2,1H3,(H,25,26). The van der Waals surface area contributed by atoms with Gasteiger partial charge in [-0.1, -0.05) is 31.2 Å². The Balaban J connectivity index is 1.72. The molecule has 1 aliphatic heterocycles. The van der Waals surface area contributed by atoms with Crippen molar-refractivity contribution >= 4 is 27.4 Å². The van der Waals surface area contributed by atoms with E-state index in [-0.39, 0.29) is 12.0 Å². The molecule has 3 heterocycles. The van der Waals surface area contributed by atoms with Crippen LogP contribution in [0.3, 0.4) is 0 Å². The van der Waals surface area contributed by atoms with Gasteiger partial charge in [0.2, 0.25) is 0 Å². The molecule has 0 amide bonds. The Kier molecular flexibility index (Phi) is 5.23. The molecule has 1 saturated heterocycles. The number of carboxylic acids is 1. The number of thiophene rings is 1. The molecule has 1 aliphatic rings. The van der Waals surface area contributed by atoms with Crippen LogP contribution in [0.4, 0.5) is 0 Å². The molecule has 27 heavy (non-hydrogen) atoms. The molecule has 5 heteroatoms. The molecule has 1 aromatic carbocycles. The van der Waals surface area contributed by atoms with E-state index in [0.29, 0.717) is 12.8 Å². The summed E-state index contributed by atoms with van der Waals surface area (Å²) in [4.78, 5) is 18.5. The quantitative estimate of drug-likeness (QED) is 0.694. The second-order valence-corrected chi connectivity index (χ2v) is 8.09. The second kappa shape index (κ2) is 7.79. The molecule has 0 radical (unpaired) electrons. The molecule has 0 bridgehead atoms. The van der Waals surface area contributed by atoms with Gasteiger partial charge in [-0.2, -0.15) is 0 Å². The molecule has 140 valence electrons. The highest BCUT2D eigenvalue weighted by molar-refractivity contribution is 7.17. The number of nitrogens with zero attached hydrogens (tertiary/aromatic N) is 2. The number of benzene rings is 1. The zero-order chi connectivity index (χ0) is 18.8. The lowest BCUT2D eigenvalue weighted by Gasteiger charge is -2.36. The maximum atomic E-state index is 11.3. The van der Waals surface area contributed by atoms with Crippen LogP contribution < -0.4 is 0 Å². The molecule has 1 atom stereocenters. The van der Waals surface area contributed by atoms with Gasteiger partial charge in [0, 0.05) is 10.9 Å². The minimum Gasteiger partial charge on any atom is -0.481 e. The van der Waals surface area contributed by atoms with Crippen LogP contribution in [0, 0.1) is 5.92 Å². The molecule has 0 saturated carbocycles. The summed E-state index contributed by atoms with van der Waals surface area (Å²) in [6.45, 7) is 3.70. The largest absolute Gasteiger partial charge is 0.481 e. The summed E-state index contributed by atoms with van der Waals surface area (Å²) in [7, 11) is 0. The first kappa shape index (κ1) is 18.1. The van der Waals surface area contributed by atoms with Crippen molar-refractivity contribution in [1.29, 1.82) is 0 Å². The summed E-state index contributed by atoms with van der Waals surface area (Å²) in [5, 5.41) is 12.9. The van der Waals surface area contributed by atoms with Crippen LogP contribution in [0.1, 0.15) is 42.6 Å². The number of aryl methyl sites for hydroxylation is 1. The Morgan fingerprint density at radius 3 is 2.70 bits per heavy atom. The number of pyridine rings is 1. The van der Waals surface area contributed by atoms with Gasteiger partial charge < -0.3 is 5.11 Å². The van der Waals surface area contributed by atoms with Gasteiger partial charge in [0.15, 0.2) is 0 Å². The SMILES string of the molecule is CCc1ccc(C(c2csc3ccccc23)N2CCC(C(=O)O)CC2)nc1. The topological polar surface area (TPSA) is 53.4 Å². The Morgan fingerprint density at radius 1 is 1.26 bits per heavy atom. The van der Waals surface area contributed by atoms with Gasteiger partial charge >= 0.3 is 5.97 Å². The van der Waals surface area contributed by atoms with Crippen LogP contribution >= 0.6 is 11.3 Å². The van der Waals surface area contributed by atoms with Gasteiger partial charge in [0.25, 0.3) is 0 Å². The van der Waals surface area contributed by atoms with E-state index in [1.165, 1.54) is 21.2 Å². The molecular weight excluding hydrogens is 356 g/mol. The third-order valence-corrected chi connectivity index (χ3v) is 6.57. The van der Waals surface area contributed by atoms with Gasteiger partial charge in [-0.3, -0.25) is 14.7 Å². The predicted octanol–water partition coefficient (Wildman–Crippen LogP) is 4.74. The molecule has 3 aromatic rings. The molecule has 1 unspecified atom stereocenters. The third-order valence-electron chi connectivity index (χ3n) is 5.59. The highest BCUT2D eigenvalue weighted by Gasteiger charge is 2.31. The summed E-state index contributed by atoms with van der Waals surface area (Å²) < 4.78 is 1.28. The molecule has 2 aromatic heterocycles. The summed E-state index contributed by atoms with van der Waals surface area (Å²) >= 11 is 1.77. The van der Waals surface area contributed by atoms with E-state index in [4.69, 9.17) is 4.98 Å². The van der Waals surface area contributed by atoms with Crippen LogP contribution in [0.2, 0.25) is 0 Å². The van der Waals surface area contributed by atoms with Crippen molar-refractivity contribution in [3.05, 3.63) is 64.8 Å². The van der Waals surface area contributed by atoms with Crippen molar-refractivity contribution in [1.82, 2.24) is 9.88 Å². The lowest BCUT2D eigenvalue weighted by Crippen LogP contribution is -2.39. The Labute approximate surface area is 163 Å². The first-order valence-electron chi connectivity index (χ1n) is 9.55. The fourth-order valence-electron chi connectivity index (χ4n) is 3.96. The van der Waals surface area contributed by atoms with Gasteiger partial charge in [-0.25, -0.2) is 0 Å². The van der Waals surface area contributed by atoms with Gasteiger partial charge in [0.05, 0.1) is 17.7 Å². The minimum absolute atomic E-state index is 0.0711. The van der Waals surface area contributed by atoms with Crippen molar-refractivity contribution in [2.24, 2.45) is 5.92 Å². The molecule has 4 nitrogen and oxygen atoms in total. The number of hydrogen-bond acceptors (Lipinski definition) is 4. The van der Waals surface area contributed by atoms with E-state index < -0.39 is 5.97 Å². The maximum Gasteiger partial charge on any atom is 0.306 e. The molecule has 0 aliphatic carbocycles. The first-order chi connectivity index (χ1) is 13.2. The number of carbonyl (C=O) groups is 1. The fraction of sp³-hybridized carbons (Fsp3) is 0.364. The van der Waals surface area contributed by atoms with Crippen molar-refractivity contribution in [2.45, 2.75) is 32.2 Å². The number of fused-ring (bicyclic) bond motifs is 1. The number of hydrogen-bond donors (Lipinski definition) is 1.